The molecule has 2 unspecified atom stereocenters. The number of aryl methyl sites for hydroxylation is 1. The first kappa shape index (κ1) is 11.5. The molecule has 3 rings (SSSR count). The van der Waals surface area contributed by atoms with Crippen LogP contribution in [0.3, 0.4) is 0 Å². The van der Waals surface area contributed by atoms with Gasteiger partial charge in [0.2, 0.25) is 0 Å². The molecule has 3 heteroatoms. The van der Waals surface area contributed by atoms with E-state index in [0.717, 1.165) is 13.1 Å². The van der Waals surface area contributed by atoms with Crippen LogP contribution >= 0.6 is 0 Å². The summed E-state index contributed by atoms with van der Waals surface area (Å²) in [4.78, 5) is 4.29. The van der Waals surface area contributed by atoms with E-state index in [1.807, 2.05) is 12.5 Å². The van der Waals surface area contributed by atoms with E-state index in [4.69, 9.17) is 0 Å². The van der Waals surface area contributed by atoms with Crippen LogP contribution in [-0.4, -0.2) is 16.1 Å². The first-order chi connectivity index (χ1) is 8.90. The van der Waals surface area contributed by atoms with E-state index in [1.54, 1.807) is 0 Å². The van der Waals surface area contributed by atoms with E-state index in [9.17, 15) is 0 Å². The number of nitrogens with one attached hydrogen (secondary N) is 1. The zero-order valence-electron chi connectivity index (χ0n) is 10.7. The molecule has 0 radical (unpaired) electrons. The molecule has 1 fully saturated rings. The second kappa shape index (κ2) is 4.94. The van der Waals surface area contributed by atoms with E-state index in [0.29, 0.717) is 12.0 Å². The molecule has 18 heavy (non-hydrogen) atoms. The van der Waals surface area contributed by atoms with E-state index in [-0.39, 0.29) is 0 Å². The van der Waals surface area contributed by atoms with Crippen molar-refractivity contribution < 1.29 is 0 Å². The highest BCUT2D eigenvalue weighted by Gasteiger charge is 2.31. The van der Waals surface area contributed by atoms with E-state index in [1.165, 1.54) is 17.7 Å². The lowest BCUT2D eigenvalue weighted by Crippen LogP contribution is -2.20. The highest BCUT2D eigenvalue weighted by atomic mass is 15.1. The molecule has 1 N–H and O–H groups in total. The third kappa shape index (κ3) is 1.95. The van der Waals surface area contributed by atoms with Crippen molar-refractivity contribution >= 4 is 0 Å². The fraction of sp³-hybridized carbons (Fsp3) is 0.400. The van der Waals surface area contributed by atoms with Gasteiger partial charge in [-0.25, -0.2) is 4.98 Å². The van der Waals surface area contributed by atoms with E-state index >= 15 is 0 Å². The highest BCUT2D eigenvalue weighted by molar-refractivity contribution is 5.26. The van der Waals surface area contributed by atoms with Crippen molar-refractivity contribution in [1.82, 2.24) is 14.9 Å². The summed E-state index contributed by atoms with van der Waals surface area (Å²) in [7, 11) is 0. The molecule has 3 nitrogen and oxygen atoms in total. The SMILES string of the molecule is CCn1cncc1C1NCCC1c1ccccc1. The molecule has 0 bridgehead atoms. The largest absolute Gasteiger partial charge is 0.333 e. The van der Waals surface area contributed by atoms with Crippen molar-refractivity contribution in [2.45, 2.75) is 31.8 Å². The minimum atomic E-state index is 0.398. The summed E-state index contributed by atoms with van der Waals surface area (Å²) < 4.78 is 2.24. The van der Waals surface area contributed by atoms with Gasteiger partial charge in [0.1, 0.15) is 0 Å². The summed E-state index contributed by atoms with van der Waals surface area (Å²) in [6.07, 6.45) is 5.13. The monoisotopic (exact) mass is 241 g/mol. The average Bonchev–Trinajstić information content (AvgIpc) is 3.07. The van der Waals surface area contributed by atoms with Gasteiger partial charge in [0.05, 0.1) is 18.1 Å². The summed E-state index contributed by atoms with van der Waals surface area (Å²) in [6.45, 7) is 4.23. The zero-order valence-corrected chi connectivity index (χ0v) is 10.7. The number of aromatic nitrogens is 2. The predicted molar refractivity (Wildman–Crippen MR) is 72.4 cm³/mol. The minimum absolute atomic E-state index is 0.398. The zero-order chi connectivity index (χ0) is 12.4. The number of hydrogen-bond donors (Lipinski definition) is 1. The number of rotatable bonds is 3. The van der Waals surface area contributed by atoms with Gasteiger partial charge in [-0.3, -0.25) is 0 Å². The Bertz CT molecular complexity index is 503. The van der Waals surface area contributed by atoms with Crippen LogP contribution in [-0.2, 0) is 6.54 Å². The maximum Gasteiger partial charge on any atom is 0.0948 e. The molecule has 0 saturated carbocycles. The molecule has 0 amide bonds. The Morgan fingerprint density at radius 3 is 2.94 bits per heavy atom. The minimum Gasteiger partial charge on any atom is -0.333 e. The summed E-state index contributed by atoms with van der Waals surface area (Å²) in [6, 6.07) is 11.2. The van der Waals surface area contributed by atoms with Gasteiger partial charge in [-0.05, 0) is 25.5 Å². The first-order valence-electron chi connectivity index (χ1n) is 6.68. The number of hydrogen-bond acceptors (Lipinski definition) is 2. The number of benzene rings is 1. The Hall–Kier alpha value is -1.61. The molecule has 2 atom stereocenters. The molecule has 0 aliphatic carbocycles. The topological polar surface area (TPSA) is 29.9 Å². The molecular formula is C15H19N3. The van der Waals surface area contributed by atoms with Gasteiger partial charge < -0.3 is 9.88 Å². The molecule has 1 aliphatic rings. The van der Waals surface area contributed by atoms with Crippen LogP contribution in [0.1, 0.15) is 36.6 Å². The smallest absolute Gasteiger partial charge is 0.0948 e. The normalized spacial score (nSPS) is 23.4. The fourth-order valence-corrected chi connectivity index (χ4v) is 2.93. The molecule has 94 valence electrons. The molecule has 2 aromatic rings. The standard InChI is InChI=1S/C15H19N3/c1-2-18-11-16-10-14(18)15-13(8-9-17-15)12-6-4-3-5-7-12/h3-7,10-11,13,15,17H,2,8-9H2,1H3. The van der Waals surface area contributed by atoms with Crippen LogP contribution in [0, 0.1) is 0 Å². The van der Waals surface area contributed by atoms with Gasteiger partial charge in [-0.1, -0.05) is 30.3 Å². The Morgan fingerprint density at radius 2 is 2.17 bits per heavy atom. The van der Waals surface area contributed by atoms with Crippen molar-refractivity contribution in [3.8, 4) is 0 Å². The third-order valence-corrected chi connectivity index (χ3v) is 3.85. The van der Waals surface area contributed by atoms with Crippen LogP contribution in [0.15, 0.2) is 42.9 Å². The summed E-state index contributed by atoms with van der Waals surface area (Å²) >= 11 is 0. The van der Waals surface area contributed by atoms with Crippen molar-refractivity contribution in [3.63, 3.8) is 0 Å². The average molecular weight is 241 g/mol. The van der Waals surface area contributed by atoms with Gasteiger partial charge in [0.25, 0.3) is 0 Å². The Kier molecular flexibility index (Phi) is 3.15. The Labute approximate surface area is 108 Å². The fourth-order valence-electron chi connectivity index (χ4n) is 2.93. The summed E-state index contributed by atoms with van der Waals surface area (Å²) in [5.74, 6) is 0.563. The number of nitrogens with zero attached hydrogens (tertiary/aromatic N) is 2. The van der Waals surface area contributed by atoms with Crippen molar-refractivity contribution in [2.75, 3.05) is 6.54 Å². The van der Waals surface area contributed by atoms with Crippen molar-refractivity contribution in [3.05, 3.63) is 54.1 Å². The quantitative estimate of drug-likeness (QED) is 0.895. The molecule has 1 aromatic heterocycles. The maximum atomic E-state index is 4.29. The van der Waals surface area contributed by atoms with E-state index in [2.05, 4.69) is 52.1 Å². The van der Waals surface area contributed by atoms with Gasteiger partial charge in [-0.15, -0.1) is 0 Å². The highest BCUT2D eigenvalue weighted by Crippen LogP contribution is 2.37. The van der Waals surface area contributed by atoms with Gasteiger partial charge >= 0.3 is 0 Å². The van der Waals surface area contributed by atoms with Gasteiger partial charge in [0, 0.05) is 18.7 Å². The molecule has 0 spiro atoms. The maximum absolute atomic E-state index is 4.29. The summed E-state index contributed by atoms with van der Waals surface area (Å²) in [5, 5.41) is 3.62. The second-order valence-electron chi connectivity index (χ2n) is 4.84. The van der Waals surface area contributed by atoms with Crippen LogP contribution in [0.25, 0.3) is 0 Å². The first-order valence-corrected chi connectivity index (χ1v) is 6.68. The lowest BCUT2D eigenvalue weighted by atomic mass is 9.90. The molecule has 1 aromatic carbocycles. The lowest BCUT2D eigenvalue weighted by molar-refractivity contribution is 0.529. The Morgan fingerprint density at radius 1 is 1.33 bits per heavy atom. The summed E-state index contributed by atoms with van der Waals surface area (Å²) in [5.41, 5.74) is 2.74. The van der Waals surface area contributed by atoms with Crippen LogP contribution in [0.2, 0.25) is 0 Å². The Balaban J connectivity index is 1.92. The third-order valence-electron chi connectivity index (χ3n) is 3.85. The molecule has 1 saturated heterocycles. The second-order valence-corrected chi connectivity index (χ2v) is 4.84. The van der Waals surface area contributed by atoms with Crippen molar-refractivity contribution in [2.24, 2.45) is 0 Å². The molecule has 2 heterocycles. The van der Waals surface area contributed by atoms with Crippen LogP contribution in [0.5, 0.6) is 0 Å². The van der Waals surface area contributed by atoms with Crippen LogP contribution in [0.4, 0.5) is 0 Å². The predicted octanol–water partition coefficient (Wildman–Crippen LogP) is 2.72. The van der Waals surface area contributed by atoms with Gasteiger partial charge in [-0.2, -0.15) is 0 Å². The lowest BCUT2D eigenvalue weighted by Gasteiger charge is -2.21. The van der Waals surface area contributed by atoms with Crippen LogP contribution < -0.4 is 5.32 Å². The van der Waals surface area contributed by atoms with Crippen molar-refractivity contribution in [1.29, 1.82) is 0 Å². The van der Waals surface area contributed by atoms with E-state index < -0.39 is 0 Å². The molecule has 1 aliphatic heterocycles. The molecular weight excluding hydrogens is 222 g/mol. The van der Waals surface area contributed by atoms with Gasteiger partial charge in [0.15, 0.2) is 0 Å². The number of imidazole rings is 1.